The van der Waals surface area contributed by atoms with Crippen LogP contribution in [0.5, 0.6) is 0 Å². The van der Waals surface area contributed by atoms with E-state index < -0.39 is 34.2 Å². The highest BCUT2D eigenvalue weighted by atomic mass is 32.2. The van der Waals surface area contributed by atoms with Crippen LogP contribution in [0.25, 0.3) is 0 Å². The largest absolute Gasteiger partial charge is 0.366 e. The molecule has 166 valence electrons. The molecule has 0 fully saturated rings. The molecular formula is C23H22FN3O4S. The van der Waals surface area contributed by atoms with Crippen molar-refractivity contribution in [1.82, 2.24) is 4.31 Å². The van der Waals surface area contributed by atoms with Crippen molar-refractivity contribution in [2.24, 2.45) is 5.73 Å². The molecule has 2 amide bonds. The van der Waals surface area contributed by atoms with Crippen LogP contribution in [0.2, 0.25) is 0 Å². The van der Waals surface area contributed by atoms with Crippen LogP contribution in [0, 0.1) is 12.7 Å². The Kier molecular flexibility index (Phi) is 7.01. The second kappa shape index (κ2) is 9.71. The third kappa shape index (κ3) is 5.77. The molecule has 3 N–H and O–H groups in total. The molecule has 0 aliphatic carbocycles. The van der Waals surface area contributed by atoms with Crippen LogP contribution in [0.1, 0.15) is 21.5 Å². The van der Waals surface area contributed by atoms with Gasteiger partial charge in [0.05, 0.1) is 11.4 Å². The Hall–Kier alpha value is -3.56. The van der Waals surface area contributed by atoms with Gasteiger partial charge in [0.25, 0.3) is 0 Å². The monoisotopic (exact) mass is 455 g/mol. The normalized spacial score (nSPS) is 11.3. The highest BCUT2D eigenvalue weighted by Crippen LogP contribution is 2.20. The van der Waals surface area contributed by atoms with Crippen molar-refractivity contribution in [1.29, 1.82) is 0 Å². The summed E-state index contributed by atoms with van der Waals surface area (Å²) in [5.41, 5.74) is 7.29. The molecule has 0 aliphatic heterocycles. The summed E-state index contributed by atoms with van der Waals surface area (Å²) in [4.78, 5) is 23.9. The lowest BCUT2D eigenvalue weighted by atomic mass is 10.2. The summed E-state index contributed by atoms with van der Waals surface area (Å²) in [7, 11) is -4.01. The number of hydrogen-bond acceptors (Lipinski definition) is 4. The molecule has 0 spiro atoms. The van der Waals surface area contributed by atoms with Crippen LogP contribution in [-0.2, 0) is 21.4 Å². The average Bonchev–Trinajstić information content (AvgIpc) is 2.75. The molecule has 0 unspecified atom stereocenters. The van der Waals surface area contributed by atoms with Gasteiger partial charge < -0.3 is 11.1 Å². The predicted octanol–water partition coefficient (Wildman–Crippen LogP) is 3.06. The van der Waals surface area contributed by atoms with E-state index in [0.717, 1.165) is 9.87 Å². The van der Waals surface area contributed by atoms with Crippen molar-refractivity contribution in [3.05, 3.63) is 95.3 Å². The molecule has 3 aromatic carbocycles. The van der Waals surface area contributed by atoms with E-state index in [1.165, 1.54) is 60.7 Å². The fourth-order valence-corrected chi connectivity index (χ4v) is 4.34. The number of nitrogens with two attached hydrogens (primary N) is 1. The number of carbonyl (C=O) groups excluding carboxylic acids is 2. The van der Waals surface area contributed by atoms with Crippen LogP contribution in [0.4, 0.5) is 10.1 Å². The van der Waals surface area contributed by atoms with Gasteiger partial charge in [0, 0.05) is 17.8 Å². The third-order valence-corrected chi connectivity index (χ3v) is 6.51. The lowest BCUT2D eigenvalue weighted by Crippen LogP contribution is -2.37. The van der Waals surface area contributed by atoms with E-state index in [2.05, 4.69) is 5.32 Å². The number of nitrogens with one attached hydrogen (secondary N) is 1. The Morgan fingerprint density at radius 2 is 1.53 bits per heavy atom. The number of sulfonamides is 1. The fourth-order valence-electron chi connectivity index (χ4n) is 2.96. The lowest BCUT2D eigenvalue weighted by molar-refractivity contribution is -0.116. The van der Waals surface area contributed by atoms with Gasteiger partial charge in [-0.1, -0.05) is 29.8 Å². The fraction of sp³-hybridized carbons (Fsp3) is 0.130. The topological polar surface area (TPSA) is 110 Å². The first kappa shape index (κ1) is 23.1. The molecule has 0 aliphatic rings. The van der Waals surface area contributed by atoms with Gasteiger partial charge in [0.2, 0.25) is 21.8 Å². The molecule has 0 saturated carbocycles. The average molecular weight is 456 g/mol. The van der Waals surface area contributed by atoms with Crippen LogP contribution in [0.3, 0.4) is 0 Å². The molecule has 3 aromatic rings. The maximum absolute atomic E-state index is 13.3. The van der Waals surface area contributed by atoms with Gasteiger partial charge in [0.1, 0.15) is 5.82 Å². The van der Waals surface area contributed by atoms with E-state index in [0.29, 0.717) is 11.3 Å². The molecule has 0 heterocycles. The number of hydrogen-bond donors (Lipinski definition) is 2. The summed E-state index contributed by atoms with van der Waals surface area (Å²) in [6.07, 6.45) is 0. The van der Waals surface area contributed by atoms with Crippen molar-refractivity contribution in [3.63, 3.8) is 0 Å². The van der Waals surface area contributed by atoms with Gasteiger partial charge >= 0.3 is 0 Å². The maximum Gasteiger partial charge on any atom is 0.248 e. The van der Waals surface area contributed by atoms with E-state index in [4.69, 9.17) is 5.73 Å². The number of halogens is 1. The van der Waals surface area contributed by atoms with E-state index >= 15 is 0 Å². The summed E-state index contributed by atoms with van der Waals surface area (Å²) in [6.45, 7) is 1.25. The molecule has 7 nitrogen and oxygen atoms in total. The van der Waals surface area contributed by atoms with Gasteiger partial charge in [-0.25, -0.2) is 12.8 Å². The van der Waals surface area contributed by atoms with Gasteiger partial charge in [-0.15, -0.1) is 0 Å². The number of aryl methyl sites for hydroxylation is 1. The van der Waals surface area contributed by atoms with Crippen molar-refractivity contribution in [2.45, 2.75) is 18.4 Å². The molecule has 9 heteroatoms. The van der Waals surface area contributed by atoms with Gasteiger partial charge in [-0.3, -0.25) is 9.59 Å². The zero-order valence-corrected chi connectivity index (χ0v) is 18.1. The molecule has 32 heavy (non-hydrogen) atoms. The standard InChI is InChI=1S/C23H22FN3O4S/c1-16-2-12-21(13-3-16)32(30,31)27(14-17-4-8-19(24)9-5-17)15-22(28)26-20-10-6-18(7-11-20)23(25)29/h2-13H,14-15H2,1H3,(H2,25,29)(H,26,28). The van der Waals surface area contributed by atoms with Crippen molar-refractivity contribution in [2.75, 3.05) is 11.9 Å². The summed E-state index contributed by atoms with van der Waals surface area (Å²) >= 11 is 0. The van der Waals surface area contributed by atoms with E-state index in [1.54, 1.807) is 12.1 Å². The molecule has 3 rings (SSSR count). The summed E-state index contributed by atoms with van der Waals surface area (Å²) in [5, 5.41) is 2.61. The Morgan fingerprint density at radius 3 is 2.09 bits per heavy atom. The number of rotatable bonds is 8. The van der Waals surface area contributed by atoms with Crippen molar-refractivity contribution in [3.8, 4) is 0 Å². The second-order valence-corrected chi connectivity index (χ2v) is 9.14. The van der Waals surface area contributed by atoms with Crippen LogP contribution in [-0.4, -0.2) is 31.1 Å². The van der Waals surface area contributed by atoms with E-state index in [9.17, 15) is 22.4 Å². The number of benzene rings is 3. The molecule has 0 saturated heterocycles. The SMILES string of the molecule is Cc1ccc(S(=O)(=O)N(CC(=O)Nc2ccc(C(N)=O)cc2)Cc2ccc(F)cc2)cc1. The predicted molar refractivity (Wildman–Crippen MR) is 119 cm³/mol. The van der Waals surface area contributed by atoms with Gasteiger partial charge in [-0.2, -0.15) is 4.31 Å². The summed E-state index contributed by atoms with van der Waals surface area (Å²) in [5.74, 6) is -1.62. The molecule has 0 aromatic heterocycles. The van der Waals surface area contributed by atoms with Gasteiger partial charge in [-0.05, 0) is 61.0 Å². The van der Waals surface area contributed by atoms with E-state index in [-0.39, 0.29) is 17.0 Å². The number of anilines is 1. The third-order valence-electron chi connectivity index (χ3n) is 4.70. The minimum atomic E-state index is -4.01. The van der Waals surface area contributed by atoms with Crippen molar-refractivity contribution >= 4 is 27.5 Å². The molecule has 0 atom stereocenters. The van der Waals surface area contributed by atoms with E-state index in [1.807, 2.05) is 6.92 Å². The van der Waals surface area contributed by atoms with Crippen LogP contribution in [0.15, 0.2) is 77.7 Å². The lowest BCUT2D eigenvalue weighted by Gasteiger charge is -2.22. The Bertz CT molecular complexity index is 1210. The summed E-state index contributed by atoms with van der Waals surface area (Å²) in [6, 6.07) is 17.6. The number of nitrogens with zero attached hydrogens (tertiary/aromatic N) is 1. The smallest absolute Gasteiger partial charge is 0.248 e. The Balaban J connectivity index is 1.84. The van der Waals surface area contributed by atoms with Crippen LogP contribution < -0.4 is 11.1 Å². The number of primary amides is 1. The first-order valence-corrected chi connectivity index (χ1v) is 11.1. The molecular weight excluding hydrogens is 433 g/mol. The zero-order valence-electron chi connectivity index (χ0n) is 17.3. The Labute approximate surface area is 185 Å². The van der Waals surface area contributed by atoms with Crippen LogP contribution >= 0.6 is 0 Å². The molecule has 0 bridgehead atoms. The second-order valence-electron chi connectivity index (χ2n) is 7.20. The minimum Gasteiger partial charge on any atom is -0.366 e. The first-order chi connectivity index (χ1) is 15.1. The highest BCUT2D eigenvalue weighted by molar-refractivity contribution is 7.89. The molecule has 0 radical (unpaired) electrons. The zero-order chi connectivity index (χ0) is 23.3. The van der Waals surface area contributed by atoms with Gasteiger partial charge in [0.15, 0.2) is 0 Å². The van der Waals surface area contributed by atoms with Crippen molar-refractivity contribution < 1.29 is 22.4 Å². The maximum atomic E-state index is 13.3. The Morgan fingerprint density at radius 1 is 0.938 bits per heavy atom. The number of carbonyl (C=O) groups is 2. The minimum absolute atomic E-state index is 0.0452. The number of amides is 2. The first-order valence-electron chi connectivity index (χ1n) is 9.66. The quantitative estimate of drug-likeness (QED) is 0.544. The highest BCUT2D eigenvalue weighted by Gasteiger charge is 2.27. The summed E-state index contributed by atoms with van der Waals surface area (Å²) < 4.78 is 40.8.